The highest BCUT2D eigenvalue weighted by molar-refractivity contribution is 7.16. The molecule has 0 saturated carbocycles. The van der Waals surface area contributed by atoms with E-state index in [0.717, 1.165) is 30.3 Å². The molecule has 3 heterocycles. The summed E-state index contributed by atoms with van der Waals surface area (Å²) in [5, 5.41) is 0. The van der Waals surface area contributed by atoms with E-state index in [9.17, 15) is 0 Å². The molecule has 1 atom stereocenters. The topological polar surface area (TPSA) is 47.7 Å². The maximum Gasteiger partial charge on any atom is 0.181 e. The number of rotatable bonds is 3. The first-order chi connectivity index (χ1) is 9.22. The quantitative estimate of drug-likeness (QED) is 0.930. The predicted molar refractivity (Wildman–Crippen MR) is 76.6 cm³/mol. The Morgan fingerprint density at radius 1 is 1.42 bits per heavy atom. The molecule has 0 amide bonds. The van der Waals surface area contributed by atoms with Gasteiger partial charge in [0.25, 0.3) is 0 Å². The van der Waals surface area contributed by atoms with Gasteiger partial charge in [0, 0.05) is 17.8 Å². The number of hydrogen-bond acceptors (Lipinski definition) is 5. The predicted octanol–water partition coefficient (Wildman–Crippen LogP) is 2.24. The first-order valence-corrected chi connectivity index (χ1v) is 7.89. The maximum absolute atomic E-state index is 6.03. The molecule has 0 aromatic carbocycles. The van der Waals surface area contributed by atoms with Crippen LogP contribution in [0, 0.1) is 0 Å². The van der Waals surface area contributed by atoms with Crippen molar-refractivity contribution in [2.45, 2.75) is 24.7 Å². The van der Waals surface area contributed by atoms with Crippen LogP contribution in [-0.4, -0.2) is 43.5 Å². The fourth-order valence-corrected chi connectivity index (χ4v) is 4.18. The molecule has 6 heteroatoms. The number of thiophene rings is 1. The van der Waals surface area contributed by atoms with Crippen LogP contribution in [0.5, 0.6) is 0 Å². The lowest BCUT2D eigenvalue weighted by Gasteiger charge is -2.41. The van der Waals surface area contributed by atoms with Crippen LogP contribution in [0.15, 0.2) is 12.1 Å². The van der Waals surface area contributed by atoms with Crippen molar-refractivity contribution in [3.05, 3.63) is 21.3 Å². The summed E-state index contributed by atoms with van der Waals surface area (Å²) in [6.07, 6.45) is 2.06. The molecular weight excluding hydrogens is 284 g/mol. The summed E-state index contributed by atoms with van der Waals surface area (Å²) in [6.45, 7) is 3.82. The Balaban J connectivity index is 1.76. The van der Waals surface area contributed by atoms with E-state index in [4.69, 9.17) is 26.8 Å². The Labute approximate surface area is 122 Å². The van der Waals surface area contributed by atoms with E-state index in [2.05, 4.69) is 11.0 Å². The monoisotopic (exact) mass is 302 g/mol. The molecule has 0 radical (unpaired) electrons. The Morgan fingerprint density at radius 2 is 2.21 bits per heavy atom. The van der Waals surface area contributed by atoms with Gasteiger partial charge < -0.3 is 15.2 Å². The Hall–Kier alpha value is -0.170. The molecule has 3 rings (SSSR count). The van der Waals surface area contributed by atoms with Gasteiger partial charge in [-0.15, -0.1) is 11.3 Å². The highest BCUT2D eigenvalue weighted by Gasteiger charge is 2.42. The van der Waals surface area contributed by atoms with Gasteiger partial charge in [-0.25, -0.2) is 0 Å². The van der Waals surface area contributed by atoms with Crippen molar-refractivity contribution in [3.63, 3.8) is 0 Å². The standard InChI is InChI=1S/C13H19ClN2O2S/c14-12-3-2-11(19-12)10(8-15)16-5-1-4-13(9-16)17-6-7-18-13/h2-3,10H,1,4-9,15H2. The highest BCUT2D eigenvalue weighted by atomic mass is 35.5. The second kappa shape index (κ2) is 5.68. The van der Waals surface area contributed by atoms with Gasteiger partial charge in [0.15, 0.2) is 5.79 Å². The molecule has 2 saturated heterocycles. The molecule has 1 aromatic heterocycles. The molecule has 0 aliphatic carbocycles. The van der Waals surface area contributed by atoms with Gasteiger partial charge in [-0.3, -0.25) is 4.90 Å². The third-order valence-corrected chi connectivity index (χ3v) is 5.18. The van der Waals surface area contributed by atoms with E-state index < -0.39 is 5.79 Å². The number of hydrogen-bond donors (Lipinski definition) is 1. The molecule has 2 fully saturated rings. The van der Waals surface area contributed by atoms with Gasteiger partial charge >= 0.3 is 0 Å². The summed E-state index contributed by atoms with van der Waals surface area (Å²) in [5.74, 6) is -0.396. The minimum atomic E-state index is -0.396. The Kier molecular flexibility index (Phi) is 4.12. The highest BCUT2D eigenvalue weighted by Crippen LogP contribution is 2.36. The molecule has 106 valence electrons. The fraction of sp³-hybridized carbons (Fsp3) is 0.692. The zero-order valence-electron chi connectivity index (χ0n) is 10.8. The number of likely N-dealkylation sites (tertiary alicyclic amines) is 1. The second-order valence-electron chi connectivity index (χ2n) is 5.08. The van der Waals surface area contributed by atoms with E-state index in [0.29, 0.717) is 19.8 Å². The third kappa shape index (κ3) is 2.82. The molecule has 2 aliphatic heterocycles. The van der Waals surface area contributed by atoms with Gasteiger partial charge in [-0.1, -0.05) is 11.6 Å². The first kappa shape index (κ1) is 13.8. The van der Waals surface area contributed by atoms with Crippen LogP contribution in [0.4, 0.5) is 0 Å². The van der Waals surface area contributed by atoms with Crippen molar-refractivity contribution >= 4 is 22.9 Å². The van der Waals surface area contributed by atoms with E-state index in [1.54, 1.807) is 11.3 Å². The van der Waals surface area contributed by atoms with Gasteiger partial charge in [0.05, 0.1) is 30.1 Å². The van der Waals surface area contributed by atoms with Gasteiger partial charge in [-0.05, 0) is 25.1 Å². The van der Waals surface area contributed by atoms with Crippen molar-refractivity contribution in [2.75, 3.05) is 32.8 Å². The minimum absolute atomic E-state index is 0.211. The first-order valence-electron chi connectivity index (χ1n) is 6.70. The largest absolute Gasteiger partial charge is 0.346 e. The Bertz CT molecular complexity index is 434. The molecule has 0 bridgehead atoms. The van der Waals surface area contributed by atoms with Gasteiger partial charge in [0.2, 0.25) is 0 Å². The number of halogens is 1. The molecule has 1 aromatic rings. The summed E-state index contributed by atoms with van der Waals surface area (Å²) >= 11 is 7.64. The van der Waals surface area contributed by atoms with Crippen molar-refractivity contribution in [2.24, 2.45) is 5.73 Å². The van der Waals surface area contributed by atoms with Crippen molar-refractivity contribution < 1.29 is 9.47 Å². The number of piperidine rings is 1. The molecular formula is C13H19ClN2O2S. The van der Waals surface area contributed by atoms with Crippen LogP contribution in [0.3, 0.4) is 0 Å². The summed E-state index contributed by atoms with van der Waals surface area (Å²) in [4.78, 5) is 3.60. The van der Waals surface area contributed by atoms with Crippen LogP contribution >= 0.6 is 22.9 Å². The minimum Gasteiger partial charge on any atom is -0.346 e. The van der Waals surface area contributed by atoms with Crippen molar-refractivity contribution in [1.82, 2.24) is 4.90 Å². The Morgan fingerprint density at radius 3 is 2.84 bits per heavy atom. The van der Waals surface area contributed by atoms with E-state index >= 15 is 0 Å². The zero-order chi connectivity index (χ0) is 13.3. The van der Waals surface area contributed by atoms with E-state index in [1.165, 1.54) is 4.88 Å². The average molecular weight is 303 g/mol. The lowest BCUT2D eigenvalue weighted by Crippen LogP contribution is -2.51. The van der Waals surface area contributed by atoms with E-state index in [1.807, 2.05) is 6.07 Å². The molecule has 2 N–H and O–H groups in total. The molecule has 1 unspecified atom stereocenters. The lowest BCUT2D eigenvalue weighted by molar-refractivity contribution is -0.193. The second-order valence-corrected chi connectivity index (χ2v) is 6.82. The van der Waals surface area contributed by atoms with Gasteiger partial charge in [0.1, 0.15) is 0 Å². The number of nitrogens with zero attached hydrogens (tertiary/aromatic N) is 1. The third-order valence-electron chi connectivity index (χ3n) is 3.85. The maximum atomic E-state index is 6.03. The van der Waals surface area contributed by atoms with Crippen molar-refractivity contribution in [1.29, 1.82) is 0 Å². The SMILES string of the molecule is NCC(c1ccc(Cl)s1)N1CCCC2(C1)OCCO2. The molecule has 1 spiro atoms. The smallest absolute Gasteiger partial charge is 0.181 e. The summed E-state index contributed by atoms with van der Waals surface area (Å²) < 4.78 is 12.5. The summed E-state index contributed by atoms with van der Waals surface area (Å²) in [7, 11) is 0. The summed E-state index contributed by atoms with van der Waals surface area (Å²) in [5.41, 5.74) is 5.97. The molecule has 19 heavy (non-hydrogen) atoms. The van der Waals surface area contributed by atoms with Gasteiger partial charge in [-0.2, -0.15) is 0 Å². The fourth-order valence-electron chi connectivity index (χ4n) is 2.97. The summed E-state index contributed by atoms with van der Waals surface area (Å²) in [6, 6.07) is 4.22. The van der Waals surface area contributed by atoms with Crippen LogP contribution in [0.2, 0.25) is 4.34 Å². The number of nitrogens with two attached hydrogens (primary N) is 1. The van der Waals surface area contributed by atoms with Crippen LogP contribution in [-0.2, 0) is 9.47 Å². The van der Waals surface area contributed by atoms with Crippen LogP contribution in [0.25, 0.3) is 0 Å². The van der Waals surface area contributed by atoms with Crippen molar-refractivity contribution in [3.8, 4) is 0 Å². The molecule has 2 aliphatic rings. The zero-order valence-corrected chi connectivity index (χ0v) is 12.4. The number of ether oxygens (including phenoxy) is 2. The molecule has 4 nitrogen and oxygen atoms in total. The lowest BCUT2D eigenvalue weighted by atomic mass is 10.0. The average Bonchev–Trinajstić information content (AvgIpc) is 3.01. The normalized spacial score (nSPS) is 24.9. The van der Waals surface area contributed by atoms with Crippen LogP contribution < -0.4 is 5.73 Å². The van der Waals surface area contributed by atoms with Crippen LogP contribution in [0.1, 0.15) is 23.8 Å². The van der Waals surface area contributed by atoms with E-state index in [-0.39, 0.29) is 6.04 Å².